The number of anilines is 3. The lowest BCUT2D eigenvalue weighted by Gasteiger charge is -2.36. The van der Waals surface area contributed by atoms with Crippen molar-refractivity contribution in [3.05, 3.63) is 90.2 Å². The minimum Gasteiger partial charge on any atom is -0.366 e. The van der Waals surface area contributed by atoms with Crippen LogP contribution >= 0.6 is 0 Å². The number of para-hydroxylation sites is 3. The number of amides is 1. The zero-order chi connectivity index (χ0) is 19.3. The fourth-order valence-electron chi connectivity index (χ4n) is 3.48. The monoisotopic (exact) mass is 375 g/mol. The van der Waals surface area contributed by atoms with Crippen LogP contribution in [-0.2, 0) is 0 Å². The van der Waals surface area contributed by atoms with Crippen molar-refractivity contribution >= 4 is 23.0 Å². The first kappa shape index (κ1) is 18.0. The van der Waals surface area contributed by atoms with E-state index in [9.17, 15) is 9.18 Å². The second kappa shape index (κ2) is 8.13. The van der Waals surface area contributed by atoms with Gasteiger partial charge in [0, 0.05) is 31.9 Å². The first-order chi connectivity index (χ1) is 13.7. The molecule has 5 heteroatoms. The fraction of sp³-hybridized carbons (Fsp3) is 0.174. The van der Waals surface area contributed by atoms with Crippen LogP contribution in [0.25, 0.3) is 0 Å². The highest BCUT2D eigenvalue weighted by Crippen LogP contribution is 2.24. The average molecular weight is 375 g/mol. The Hall–Kier alpha value is -3.34. The maximum atomic E-state index is 14.0. The number of nitrogens with one attached hydrogen (secondary N) is 1. The number of hydrogen-bond donors (Lipinski definition) is 1. The van der Waals surface area contributed by atoms with Crippen LogP contribution < -0.4 is 10.2 Å². The van der Waals surface area contributed by atoms with E-state index in [0.29, 0.717) is 37.4 Å². The molecule has 0 spiro atoms. The van der Waals surface area contributed by atoms with Gasteiger partial charge in [0.05, 0.1) is 16.9 Å². The third kappa shape index (κ3) is 3.83. The van der Waals surface area contributed by atoms with Crippen molar-refractivity contribution in [2.75, 3.05) is 36.4 Å². The maximum Gasteiger partial charge on any atom is 0.256 e. The molecule has 0 atom stereocenters. The quantitative estimate of drug-likeness (QED) is 0.728. The molecule has 4 nitrogen and oxygen atoms in total. The van der Waals surface area contributed by atoms with Gasteiger partial charge in [-0.1, -0.05) is 42.5 Å². The Balaban J connectivity index is 1.47. The minimum atomic E-state index is -0.223. The van der Waals surface area contributed by atoms with E-state index in [-0.39, 0.29) is 11.7 Å². The molecular formula is C23H22FN3O. The lowest BCUT2D eigenvalue weighted by Crippen LogP contribution is -2.49. The van der Waals surface area contributed by atoms with Gasteiger partial charge in [-0.25, -0.2) is 4.39 Å². The van der Waals surface area contributed by atoms with Crippen LogP contribution in [0.4, 0.5) is 21.5 Å². The van der Waals surface area contributed by atoms with Gasteiger partial charge in [0.25, 0.3) is 5.91 Å². The second-order valence-corrected chi connectivity index (χ2v) is 6.77. The van der Waals surface area contributed by atoms with Gasteiger partial charge in [-0.05, 0) is 36.4 Å². The highest BCUT2D eigenvalue weighted by molar-refractivity contribution is 6.00. The van der Waals surface area contributed by atoms with Gasteiger partial charge in [0.1, 0.15) is 5.82 Å². The van der Waals surface area contributed by atoms with E-state index < -0.39 is 0 Å². The molecule has 1 N–H and O–H groups in total. The number of halogens is 1. The molecule has 4 rings (SSSR count). The van der Waals surface area contributed by atoms with Crippen molar-refractivity contribution in [3.63, 3.8) is 0 Å². The molecule has 1 amide bonds. The molecule has 1 heterocycles. The van der Waals surface area contributed by atoms with E-state index in [2.05, 4.69) is 5.32 Å². The first-order valence-corrected chi connectivity index (χ1v) is 9.42. The Morgan fingerprint density at radius 3 is 2.18 bits per heavy atom. The molecule has 0 unspecified atom stereocenters. The van der Waals surface area contributed by atoms with E-state index in [1.54, 1.807) is 12.1 Å². The van der Waals surface area contributed by atoms with Crippen LogP contribution in [0.5, 0.6) is 0 Å². The molecular weight excluding hydrogens is 353 g/mol. The average Bonchev–Trinajstić information content (AvgIpc) is 2.75. The molecule has 3 aromatic carbocycles. The Bertz CT molecular complexity index is 953. The van der Waals surface area contributed by atoms with E-state index in [1.165, 1.54) is 6.07 Å². The number of carbonyl (C=O) groups is 1. The Morgan fingerprint density at radius 1 is 0.786 bits per heavy atom. The molecule has 28 heavy (non-hydrogen) atoms. The normalized spacial score (nSPS) is 14.0. The molecule has 0 saturated carbocycles. The number of rotatable bonds is 4. The Labute approximate surface area is 164 Å². The summed E-state index contributed by atoms with van der Waals surface area (Å²) in [5.74, 6) is -0.230. The summed E-state index contributed by atoms with van der Waals surface area (Å²) in [4.78, 5) is 16.9. The molecule has 3 aromatic rings. The van der Waals surface area contributed by atoms with Crippen LogP contribution in [0.15, 0.2) is 78.9 Å². The van der Waals surface area contributed by atoms with Crippen molar-refractivity contribution in [1.82, 2.24) is 4.90 Å². The van der Waals surface area contributed by atoms with E-state index in [0.717, 1.165) is 11.4 Å². The molecule has 1 aliphatic rings. The molecule has 1 saturated heterocycles. The minimum absolute atomic E-state index is 0.00721. The van der Waals surface area contributed by atoms with Gasteiger partial charge in [-0.15, -0.1) is 0 Å². The maximum absolute atomic E-state index is 14.0. The zero-order valence-electron chi connectivity index (χ0n) is 15.5. The van der Waals surface area contributed by atoms with Crippen molar-refractivity contribution in [2.24, 2.45) is 0 Å². The van der Waals surface area contributed by atoms with Gasteiger partial charge in [0.2, 0.25) is 0 Å². The Morgan fingerprint density at radius 2 is 1.43 bits per heavy atom. The third-order valence-corrected chi connectivity index (χ3v) is 4.97. The molecule has 142 valence electrons. The third-order valence-electron chi connectivity index (χ3n) is 4.97. The van der Waals surface area contributed by atoms with Crippen LogP contribution in [0.1, 0.15) is 10.4 Å². The summed E-state index contributed by atoms with van der Waals surface area (Å²) in [5, 5.41) is 3.33. The molecule has 0 aromatic heterocycles. The summed E-state index contributed by atoms with van der Waals surface area (Å²) in [5.41, 5.74) is 2.97. The number of benzene rings is 3. The first-order valence-electron chi connectivity index (χ1n) is 9.42. The van der Waals surface area contributed by atoms with Crippen LogP contribution in [0.3, 0.4) is 0 Å². The second-order valence-electron chi connectivity index (χ2n) is 6.77. The lowest BCUT2D eigenvalue weighted by atomic mass is 10.1. The van der Waals surface area contributed by atoms with Gasteiger partial charge >= 0.3 is 0 Å². The molecule has 1 aliphatic heterocycles. The molecule has 0 bridgehead atoms. The molecule has 0 aliphatic carbocycles. The smallest absolute Gasteiger partial charge is 0.256 e. The Kier molecular flexibility index (Phi) is 5.24. The number of nitrogens with zero attached hydrogens (tertiary/aromatic N) is 2. The summed E-state index contributed by atoms with van der Waals surface area (Å²) in [6.45, 7) is 2.35. The van der Waals surface area contributed by atoms with Gasteiger partial charge in [-0.2, -0.15) is 0 Å². The predicted molar refractivity (Wildman–Crippen MR) is 111 cm³/mol. The van der Waals surface area contributed by atoms with Crippen LogP contribution in [0.2, 0.25) is 0 Å². The number of hydrogen-bond acceptors (Lipinski definition) is 3. The largest absolute Gasteiger partial charge is 0.366 e. The highest BCUT2D eigenvalue weighted by atomic mass is 19.1. The topological polar surface area (TPSA) is 35.6 Å². The highest BCUT2D eigenvalue weighted by Gasteiger charge is 2.24. The van der Waals surface area contributed by atoms with Crippen LogP contribution in [0, 0.1) is 5.82 Å². The zero-order valence-corrected chi connectivity index (χ0v) is 15.5. The van der Waals surface area contributed by atoms with Crippen molar-refractivity contribution < 1.29 is 9.18 Å². The van der Waals surface area contributed by atoms with Gasteiger partial charge < -0.3 is 15.1 Å². The van der Waals surface area contributed by atoms with Crippen LogP contribution in [-0.4, -0.2) is 37.0 Å². The van der Waals surface area contributed by atoms with E-state index >= 15 is 0 Å². The standard InChI is InChI=1S/C23H22FN3O/c24-20-11-5-7-13-22(20)26-14-16-27(17-15-26)23(28)19-10-4-6-12-21(19)25-18-8-2-1-3-9-18/h1-13,25H,14-17H2. The van der Waals surface area contributed by atoms with Crippen molar-refractivity contribution in [2.45, 2.75) is 0 Å². The number of carbonyl (C=O) groups excluding carboxylic acids is 1. The fourth-order valence-corrected chi connectivity index (χ4v) is 3.48. The summed E-state index contributed by atoms with van der Waals surface area (Å²) in [6, 6.07) is 24.1. The van der Waals surface area contributed by atoms with Gasteiger partial charge in [0.15, 0.2) is 0 Å². The summed E-state index contributed by atoms with van der Waals surface area (Å²) < 4.78 is 14.0. The van der Waals surface area contributed by atoms with Crippen molar-refractivity contribution in [3.8, 4) is 0 Å². The summed E-state index contributed by atoms with van der Waals surface area (Å²) in [7, 11) is 0. The summed E-state index contributed by atoms with van der Waals surface area (Å²) >= 11 is 0. The summed E-state index contributed by atoms with van der Waals surface area (Å²) in [6.07, 6.45) is 0. The SMILES string of the molecule is O=C(c1ccccc1Nc1ccccc1)N1CCN(c2ccccc2F)CC1. The molecule has 0 radical (unpaired) electrons. The lowest BCUT2D eigenvalue weighted by molar-refractivity contribution is 0.0747. The molecule has 1 fully saturated rings. The van der Waals surface area contributed by atoms with Crippen molar-refractivity contribution in [1.29, 1.82) is 0 Å². The van der Waals surface area contributed by atoms with E-state index in [4.69, 9.17) is 0 Å². The van der Waals surface area contributed by atoms with Gasteiger partial charge in [-0.3, -0.25) is 4.79 Å². The van der Waals surface area contributed by atoms with E-state index in [1.807, 2.05) is 70.5 Å². The predicted octanol–water partition coefficient (Wildman–Crippen LogP) is 4.53. The number of piperazine rings is 1.